The number of carbonyl (C=O) groups is 2. The van der Waals surface area contributed by atoms with Gasteiger partial charge in [-0.15, -0.1) is 23.2 Å². The van der Waals surface area contributed by atoms with Crippen LogP contribution >= 0.6 is 46.4 Å². The summed E-state index contributed by atoms with van der Waals surface area (Å²) in [5, 5.41) is 5.06. The highest BCUT2D eigenvalue weighted by atomic mass is 35.5. The van der Waals surface area contributed by atoms with Gasteiger partial charge in [0.25, 0.3) is 5.91 Å². The Morgan fingerprint density at radius 2 is 1.71 bits per heavy atom. The highest BCUT2D eigenvalue weighted by Gasteiger charge is 2.67. The number of benzene rings is 2. The Morgan fingerprint density at radius 3 is 2.37 bits per heavy atom. The van der Waals surface area contributed by atoms with E-state index in [-0.39, 0.29) is 16.3 Å². The van der Waals surface area contributed by atoms with Gasteiger partial charge in [-0.2, -0.15) is 0 Å². The van der Waals surface area contributed by atoms with Crippen molar-refractivity contribution in [1.29, 1.82) is 0 Å². The van der Waals surface area contributed by atoms with Crippen LogP contribution in [0.2, 0.25) is 10.0 Å². The SMILES string of the molecule is Cc1ccc(NC(=O)C2C(c3ccc(Cl)c(Cl)c3)C2(Cl)Cl)c(F)c1C(=O)Nc1ncc(F)cc1F. The van der Waals surface area contributed by atoms with E-state index in [1.165, 1.54) is 19.1 Å². The van der Waals surface area contributed by atoms with Crippen LogP contribution in [0.1, 0.15) is 27.4 Å². The molecule has 2 unspecified atom stereocenters. The molecule has 1 aliphatic rings. The van der Waals surface area contributed by atoms with Crippen molar-refractivity contribution in [1.82, 2.24) is 4.98 Å². The summed E-state index contributed by atoms with van der Waals surface area (Å²) < 4.78 is 40.7. The van der Waals surface area contributed by atoms with E-state index in [1.807, 2.05) is 0 Å². The first kappa shape index (κ1) is 25.6. The zero-order valence-corrected chi connectivity index (χ0v) is 20.6. The van der Waals surface area contributed by atoms with Crippen LogP contribution < -0.4 is 10.6 Å². The monoisotopic (exact) mass is 561 g/mol. The normalized spacial score (nSPS) is 18.2. The maximum absolute atomic E-state index is 15.3. The lowest BCUT2D eigenvalue weighted by atomic mass is 10.1. The fourth-order valence-corrected chi connectivity index (χ4v) is 4.84. The summed E-state index contributed by atoms with van der Waals surface area (Å²) in [7, 11) is 0. The topological polar surface area (TPSA) is 71.1 Å². The van der Waals surface area contributed by atoms with E-state index in [0.717, 1.165) is 0 Å². The van der Waals surface area contributed by atoms with Crippen molar-refractivity contribution in [2.75, 3.05) is 10.6 Å². The van der Waals surface area contributed by atoms with E-state index in [1.54, 1.807) is 18.2 Å². The molecule has 1 aliphatic carbocycles. The number of pyridine rings is 1. The number of hydrogen-bond acceptors (Lipinski definition) is 3. The lowest BCUT2D eigenvalue weighted by Gasteiger charge is -2.13. The van der Waals surface area contributed by atoms with Gasteiger partial charge < -0.3 is 10.6 Å². The quantitative estimate of drug-likeness (QED) is 0.332. The van der Waals surface area contributed by atoms with Crippen molar-refractivity contribution in [3.05, 3.63) is 86.8 Å². The molecule has 182 valence electrons. The fourth-order valence-electron chi connectivity index (χ4n) is 3.71. The van der Waals surface area contributed by atoms with Gasteiger partial charge in [0.05, 0.1) is 33.4 Å². The van der Waals surface area contributed by atoms with Gasteiger partial charge in [-0.25, -0.2) is 18.2 Å². The van der Waals surface area contributed by atoms with Gasteiger partial charge in [0.1, 0.15) is 10.2 Å². The lowest BCUT2D eigenvalue weighted by molar-refractivity contribution is -0.117. The van der Waals surface area contributed by atoms with Gasteiger partial charge in [0, 0.05) is 12.0 Å². The molecule has 35 heavy (non-hydrogen) atoms. The molecule has 1 aromatic heterocycles. The molecule has 1 saturated carbocycles. The number of nitrogens with zero attached hydrogens (tertiary/aromatic N) is 1. The Balaban J connectivity index is 1.56. The summed E-state index contributed by atoms with van der Waals surface area (Å²) in [6, 6.07) is 7.88. The number of rotatable bonds is 5. The van der Waals surface area contributed by atoms with Gasteiger partial charge in [-0.1, -0.05) is 35.3 Å². The summed E-state index contributed by atoms with van der Waals surface area (Å²) in [4.78, 5) is 29.0. The Labute approximate surface area is 217 Å². The van der Waals surface area contributed by atoms with Crippen LogP contribution in [0, 0.1) is 30.3 Å². The van der Waals surface area contributed by atoms with Crippen molar-refractivity contribution in [3.63, 3.8) is 0 Å². The summed E-state index contributed by atoms with van der Waals surface area (Å²) in [6.07, 6.45) is 0.697. The summed E-state index contributed by atoms with van der Waals surface area (Å²) in [6.45, 7) is 1.45. The molecule has 12 heteroatoms. The molecule has 1 fully saturated rings. The molecule has 0 spiro atoms. The Hall–Kier alpha value is -2.52. The van der Waals surface area contributed by atoms with Crippen LogP contribution in [0.15, 0.2) is 42.6 Å². The molecule has 2 atom stereocenters. The Bertz CT molecular complexity index is 1370. The molecule has 0 bridgehead atoms. The van der Waals surface area contributed by atoms with Crippen LogP contribution in [0.3, 0.4) is 0 Å². The number of aromatic nitrogens is 1. The van der Waals surface area contributed by atoms with Gasteiger partial charge in [0.2, 0.25) is 5.91 Å². The number of halogens is 7. The number of alkyl halides is 2. The van der Waals surface area contributed by atoms with E-state index < -0.39 is 56.8 Å². The van der Waals surface area contributed by atoms with Crippen molar-refractivity contribution in [3.8, 4) is 0 Å². The summed E-state index contributed by atoms with van der Waals surface area (Å²) in [5.74, 6) is -7.04. The van der Waals surface area contributed by atoms with Crippen LogP contribution in [-0.2, 0) is 4.79 Å². The fraction of sp³-hybridized carbons (Fsp3) is 0.174. The average molecular weight is 563 g/mol. The number of hydrogen-bond donors (Lipinski definition) is 2. The van der Waals surface area contributed by atoms with E-state index in [2.05, 4.69) is 15.6 Å². The molecule has 5 nitrogen and oxygen atoms in total. The third-order valence-electron chi connectivity index (χ3n) is 5.51. The maximum Gasteiger partial charge on any atom is 0.260 e. The van der Waals surface area contributed by atoms with E-state index in [4.69, 9.17) is 46.4 Å². The standard InChI is InChI=1S/C23H14Cl4F3N3O2/c1-9-2-5-15(19(30)16(9)21(34)33-20-14(29)7-11(28)8-31-20)32-22(35)18-17(23(18,26)27)10-3-4-12(24)13(25)6-10/h2-8,17-18H,1H3,(H,32,35)(H,31,33,34). The van der Waals surface area contributed by atoms with Crippen LogP contribution in [0.4, 0.5) is 24.7 Å². The predicted molar refractivity (Wildman–Crippen MR) is 129 cm³/mol. The minimum Gasteiger partial charge on any atom is -0.323 e. The molecule has 3 aromatic rings. The van der Waals surface area contributed by atoms with Crippen LogP contribution in [0.5, 0.6) is 0 Å². The zero-order chi connectivity index (χ0) is 25.7. The molecule has 0 radical (unpaired) electrons. The molecular weight excluding hydrogens is 549 g/mol. The number of aryl methyl sites for hydroxylation is 1. The maximum atomic E-state index is 15.3. The first-order valence-electron chi connectivity index (χ1n) is 9.97. The smallest absolute Gasteiger partial charge is 0.260 e. The highest BCUT2D eigenvalue weighted by molar-refractivity contribution is 6.53. The van der Waals surface area contributed by atoms with E-state index in [9.17, 15) is 18.4 Å². The largest absolute Gasteiger partial charge is 0.323 e. The highest BCUT2D eigenvalue weighted by Crippen LogP contribution is 2.65. The summed E-state index contributed by atoms with van der Waals surface area (Å²) in [5.41, 5.74) is -0.0112. The van der Waals surface area contributed by atoms with Crippen LogP contribution in [-0.4, -0.2) is 21.1 Å². The van der Waals surface area contributed by atoms with E-state index in [0.29, 0.717) is 22.8 Å². The van der Waals surface area contributed by atoms with Gasteiger partial charge >= 0.3 is 0 Å². The first-order valence-corrected chi connectivity index (χ1v) is 11.5. The Morgan fingerprint density at radius 1 is 1.00 bits per heavy atom. The first-order chi connectivity index (χ1) is 16.4. The zero-order valence-electron chi connectivity index (χ0n) is 17.6. The second-order valence-corrected chi connectivity index (χ2v) is 10.1. The van der Waals surface area contributed by atoms with Gasteiger partial charge in [0.15, 0.2) is 17.5 Å². The molecule has 4 rings (SSSR count). The molecule has 2 amide bonds. The van der Waals surface area contributed by atoms with Crippen molar-refractivity contribution < 1.29 is 22.8 Å². The number of carbonyl (C=O) groups excluding carboxylic acids is 2. The van der Waals surface area contributed by atoms with Crippen molar-refractivity contribution in [2.24, 2.45) is 5.92 Å². The number of anilines is 2. The lowest BCUT2D eigenvalue weighted by Crippen LogP contribution is -2.21. The number of amides is 2. The minimum absolute atomic E-state index is 0.199. The van der Waals surface area contributed by atoms with Gasteiger partial charge in [-0.3, -0.25) is 9.59 Å². The molecule has 2 aromatic carbocycles. The molecular formula is C23H14Cl4F3N3O2. The van der Waals surface area contributed by atoms with Crippen LogP contribution in [0.25, 0.3) is 0 Å². The van der Waals surface area contributed by atoms with E-state index >= 15 is 4.39 Å². The molecule has 0 saturated heterocycles. The predicted octanol–water partition coefficient (Wildman–Crippen LogP) is 6.89. The van der Waals surface area contributed by atoms with Gasteiger partial charge in [-0.05, 0) is 36.2 Å². The van der Waals surface area contributed by atoms with Crippen molar-refractivity contribution in [2.45, 2.75) is 17.2 Å². The van der Waals surface area contributed by atoms with Crippen molar-refractivity contribution >= 4 is 69.7 Å². The second kappa shape index (κ2) is 9.50. The minimum atomic E-state index is -1.48. The third kappa shape index (κ3) is 4.93. The molecule has 1 heterocycles. The third-order valence-corrected chi connectivity index (χ3v) is 7.19. The molecule has 0 aliphatic heterocycles. The summed E-state index contributed by atoms with van der Waals surface area (Å²) >= 11 is 24.6. The molecule has 2 N–H and O–H groups in total. The second-order valence-electron chi connectivity index (χ2n) is 7.85. The Kier molecular flexibility index (Phi) is 6.94. The number of nitrogens with one attached hydrogen (secondary N) is 2. The average Bonchev–Trinajstić information content (AvgIpc) is 3.36.